The van der Waals surface area contributed by atoms with Crippen LogP contribution in [0.15, 0.2) is 24.3 Å². The summed E-state index contributed by atoms with van der Waals surface area (Å²) in [6.45, 7) is 6.37. The van der Waals surface area contributed by atoms with E-state index in [1.54, 1.807) is 0 Å². The van der Waals surface area contributed by atoms with E-state index in [2.05, 4.69) is 41.5 Å². The Kier molecular flexibility index (Phi) is 4.16. The summed E-state index contributed by atoms with van der Waals surface area (Å²) in [7, 11) is 0. The summed E-state index contributed by atoms with van der Waals surface area (Å²) in [5, 5.41) is 5.90. The number of rotatable bonds is 2. The predicted octanol–water partition coefficient (Wildman–Crippen LogP) is 1.39. The zero-order valence-electron chi connectivity index (χ0n) is 13.1. The molecule has 5 heteroatoms. The van der Waals surface area contributed by atoms with Crippen molar-refractivity contribution in [2.75, 3.05) is 18.0 Å². The van der Waals surface area contributed by atoms with Crippen LogP contribution in [0.2, 0.25) is 0 Å². The van der Waals surface area contributed by atoms with Crippen molar-refractivity contribution < 1.29 is 9.59 Å². The van der Waals surface area contributed by atoms with E-state index < -0.39 is 0 Å². The van der Waals surface area contributed by atoms with Gasteiger partial charge in [-0.25, -0.2) is 0 Å². The van der Waals surface area contributed by atoms with Gasteiger partial charge in [-0.15, -0.1) is 0 Å². The van der Waals surface area contributed by atoms with E-state index in [9.17, 15) is 9.59 Å². The summed E-state index contributed by atoms with van der Waals surface area (Å²) in [6.07, 6.45) is 1.02. The van der Waals surface area contributed by atoms with Gasteiger partial charge < -0.3 is 10.2 Å². The molecule has 2 amide bonds. The third-order valence-electron chi connectivity index (χ3n) is 4.63. The second-order valence-electron chi connectivity index (χ2n) is 6.41. The molecular formula is C17H23N3O2. The van der Waals surface area contributed by atoms with Crippen LogP contribution in [0.3, 0.4) is 0 Å². The fourth-order valence-electron chi connectivity index (χ4n) is 3.29. The molecule has 3 atom stereocenters. The lowest BCUT2D eigenvalue weighted by Gasteiger charge is -2.39. The lowest BCUT2D eigenvalue weighted by Crippen LogP contribution is -2.54. The fourth-order valence-corrected chi connectivity index (χ4v) is 3.29. The van der Waals surface area contributed by atoms with E-state index in [1.165, 1.54) is 5.69 Å². The number of hydrogen-bond donors (Lipinski definition) is 2. The second-order valence-corrected chi connectivity index (χ2v) is 6.41. The maximum Gasteiger partial charge on any atom is 0.234 e. The highest BCUT2D eigenvalue weighted by atomic mass is 16.2. The van der Waals surface area contributed by atoms with Gasteiger partial charge in [0.2, 0.25) is 11.8 Å². The van der Waals surface area contributed by atoms with Gasteiger partial charge in [-0.05, 0) is 38.0 Å². The van der Waals surface area contributed by atoms with E-state index in [-0.39, 0.29) is 17.7 Å². The molecule has 0 aliphatic carbocycles. The quantitative estimate of drug-likeness (QED) is 0.811. The molecule has 3 rings (SSSR count). The number of anilines is 1. The number of imide groups is 1. The van der Waals surface area contributed by atoms with Crippen molar-refractivity contribution in [1.29, 1.82) is 0 Å². The van der Waals surface area contributed by atoms with E-state index in [1.807, 2.05) is 12.1 Å². The maximum absolute atomic E-state index is 11.9. The van der Waals surface area contributed by atoms with E-state index >= 15 is 0 Å². The topological polar surface area (TPSA) is 61.4 Å². The molecule has 2 heterocycles. The highest BCUT2D eigenvalue weighted by Gasteiger charge is 2.28. The molecule has 22 heavy (non-hydrogen) atoms. The summed E-state index contributed by atoms with van der Waals surface area (Å²) >= 11 is 0. The highest BCUT2D eigenvalue weighted by Crippen LogP contribution is 2.27. The van der Waals surface area contributed by atoms with Crippen LogP contribution >= 0.6 is 0 Å². The molecule has 0 aromatic heterocycles. The number of amides is 2. The van der Waals surface area contributed by atoms with Crippen LogP contribution in [0, 0.1) is 0 Å². The van der Waals surface area contributed by atoms with Crippen molar-refractivity contribution >= 4 is 17.5 Å². The summed E-state index contributed by atoms with van der Waals surface area (Å²) in [5.41, 5.74) is 2.18. The molecule has 118 valence electrons. The van der Waals surface area contributed by atoms with Crippen LogP contribution in [0.1, 0.15) is 38.2 Å². The molecule has 0 bridgehead atoms. The molecule has 1 aromatic carbocycles. The Morgan fingerprint density at radius 2 is 1.86 bits per heavy atom. The Morgan fingerprint density at radius 3 is 2.55 bits per heavy atom. The smallest absolute Gasteiger partial charge is 0.234 e. The Morgan fingerprint density at radius 1 is 1.14 bits per heavy atom. The Bertz CT molecular complexity index is 570. The van der Waals surface area contributed by atoms with Gasteiger partial charge in [0.25, 0.3) is 0 Å². The molecule has 1 aromatic rings. The molecule has 2 N–H and O–H groups in total. The Hall–Kier alpha value is -1.88. The first kappa shape index (κ1) is 15.0. The van der Waals surface area contributed by atoms with E-state index in [0.717, 1.165) is 18.7 Å². The number of piperazine rings is 1. The molecule has 0 radical (unpaired) electrons. The number of nitrogens with one attached hydrogen (secondary N) is 2. The lowest BCUT2D eigenvalue weighted by molar-refractivity contribution is -0.134. The normalized spacial score (nSPS) is 29.4. The molecular weight excluding hydrogens is 278 g/mol. The van der Waals surface area contributed by atoms with Crippen LogP contribution in [0.25, 0.3) is 0 Å². The standard InChI is InChI=1S/C17H23N3O2/c1-11-10-20(12(2)9-18-11)14-5-3-13(4-6-14)15-7-8-16(21)19-17(15)22/h3-6,11-12,15,18H,7-10H2,1-2H3,(H,19,21,22)/t11-,12+,15?/m1/s1. The summed E-state index contributed by atoms with van der Waals surface area (Å²) < 4.78 is 0. The maximum atomic E-state index is 11.9. The van der Waals surface area contributed by atoms with Gasteiger partial charge in [-0.2, -0.15) is 0 Å². The van der Waals surface area contributed by atoms with Gasteiger partial charge >= 0.3 is 0 Å². The van der Waals surface area contributed by atoms with Gasteiger partial charge in [-0.1, -0.05) is 12.1 Å². The van der Waals surface area contributed by atoms with Crippen LogP contribution in [0.5, 0.6) is 0 Å². The lowest BCUT2D eigenvalue weighted by atomic mass is 9.90. The van der Waals surface area contributed by atoms with E-state index in [4.69, 9.17) is 0 Å². The predicted molar refractivity (Wildman–Crippen MR) is 85.8 cm³/mol. The highest BCUT2D eigenvalue weighted by molar-refractivity contribution is 6.00. The number of benzene rings is 1. The zero-order chi connectivity index (χ0) is 15.7. The SMILES string of the molecule is C[C@@H]1CN(c2ccc(C3CCC(=O)NC3=O)cc2)[C@@H](C)CN1. The minimum absolute atomic E-state index is 0.165. The number of carbonyl (C=O) groups excluding carboxylic acids is 2. The van der Waals surface area contributed by atoms with Gasteiger partial charge in [0.15, 0.2) is 0 Å². The molecule has 2 aliphatic rings. The van der Waals surface area contributed by atoms with Gasteiger partial charge in [-0.3, -0.25) is 14.9 Å². The van der Waals surface area contributed by atoms with Crippen molar-refractivity contribution in [3.63, 3.8) is 0 Å². The molecule has 2 fully saturated rings. The summed E-state index contributed by atoms with van der Waals surface area (Å²) in [6, 6.07) is 9.16. The minimum Gasteiger partial charge on any atom is -0.366 e. The molecule has 2 saturated heterocycles. The Balaban J connectivity index is 1.75. The van der Waals surface area contributed by atoms with Crippen molar-refractivity contribution in [3.05, 3.63) is 29.8 Å². The molecule has 0 spiro atoms. The van der Waals surface area contributed by atoms with E-state index in [0.29, 0.717) is 24.9 Å². The van der Waals surface area contributed by atoms with Gasteiger partial charge in [0, 0.05) is 37.3 Å². The van der Waals surface area contributed by atoms with Crippen molar-refractivity contribution in [1.82, 2.24) is 10.6 Å². The van der Waals surface area contributed by atoms with Crippen molar-refractivity contribution in [2.45, 2.75) is 44.7 Å². The number of hydrogen-bond acceptors (Lipinski definition) is 4. The van der Waals surface area contributed by atoms with Gasteiger partial charge in [0.1, 0.15) is 0 Å². The van der Waals surface area contributed by atoms with Gasteiger partial charge in [0.05, 0.1) is 5.92 Å². The van der Waals surface area contributed by atoms with Crippen molar-refractivity contribution in [3.8, 4) is 0 Å². The van der Waals surface area contributed by atoms with Crippen LogP contribution in [-0.4, -0.2) is 37.0 Å². The summed E-state index contributed by atoms with van der Waals surface area (Å²) in [5.74, 6) is -0.541. The third kappa shape index (κ3) is 2.99. The monoisotopic (exact) mass is 301 g/mol. The molecule has 5 nitrogen and oxygen atoms in total. The number of piperidine rings is 1. The van der Waals surface area contributed by atoms with Crippen LogP contribution in [-0.2, 0) is 9.59 Å². The van der Waals surface area contributed by atoms with Crippen LogP contribution < -0.4 is 15.5 Å². The van der Waals surface area contributed by atoms with Crippen LogP contribution in [0.4, 0.5) is 5.69 Å². The minimum atomic E-state index is -0.203. The molecule has 2 aliphatic heterocycles. The first-order chi connectivity index (χ1) is 10.5. The largest absolute Gasteiger partial charge is 0.366 e. The first-order valence-electron chi connectivity index (χ1n) is 7.98. The second kappa shape index (κ2) is 6.08. The fraction of sp³-hybridized carbons (Fsp3) is 0.529. The zero-order valence-corrected chi connectivity index (χ0v) is 13.1. The Labute approximate surface area is 131 Å². The number of nitrogens with zero attached hydrogens (tertiary/aromatic N) is 1. The molecule has 1 unspecified atom stereocenters. The first-order valence-corrected chi connectivity index (χ1v) is 7.98. The summed E-state index contributed by atoms with van der Waals surface area (Å²) in [4.78, 5) is 25.6. The molecule has 0 saturated carbocycles. The van der Waals surface area contributed by atoms with Crippen molar-refractivity contribution in [2.24, 2.45) is 0 Å². The number of carbonyl (C=O) groups is 2. The average Bonchev–Trinajstić information content (AvgIpc) is 2.50. The average molecular weight is 301 g/mol. The third-order valence-corrected chi connectivity index (χ3v) is 4.63.